The second-order valence-electron chi connectivity index (χ2n) is 12.9. The van der Waals surface area contributed by atoms with Crippen molar-refractivity contribution in [1.82, 2.24) is 25.3 Å². The molecule has 0 aromatic heterocycles. The zero-order valence-corrected chi connectivity index (χ0v) is 24.3. The molecule has 3 fully saturated rings. The molecule has 11 nitrogen and oxygen atoms in total. The van der Waals surface area contributed by atoms with Crippen LogP contribution in [0.1, 0.15) is 52.9 Å². The van der Waals surface area contributed by atoms with Crippen LogP contribution in [-0.4, -0.2) is 128 Å². The van der Waals surface area contributed by atoms with Gasteiger partial charge in [0.05, 0.1) is 18.8 Å². The third-order valence-corrected chi connectivity index (χ3v) is 8.44. The summed E-state index contributed by atoms with van der Waals surface area (Å²) in [5, 5.41) is 7.32. The summed E-state index contributed by atoms with van der Waals surface area (Å²) in [4.78, 5) is 38.0. The minimum Gasteiger partial charge on any atom is -0.444 e. The summed E-state index contributed by atoms with van der Waals surface area (Å²) < 4.78 is 5.53. The third kappa shape index (κ3) is 7.29. The van der Waals surface area contributed by atoms with E-state index in [2.05, 4.69) is 21.7 Å². The quantitative estimate of drug-likeness (QED) is 0.562. The minimum absolute atomic E-state index is 0.0421. The molecule has 216 valence electrons. The monoisotopic (exact) mass is 541 g/mol. The molecule has 0 radical (unpaired) electrons. The Bertz CT molecular complexity index is 993. The van der Waals surface area contributed by atoms with Crippen molar-refractivity contribution in [3.05, 3.63) is 0 Å². The van der Waals surface area contributed by atoms with Gasteiger partial charge in [-0.05, 0) is 64.7 Å². The lowest BCUT2D eigenvalue weighted by molar-refractivity contribution is 0.0132. The molecule has 4 aliphatic heterocycles. The van der Waals surface area contributed by atoms with E-state index in [1.807, 2.05) is 50.9 Å². The summed E-state index contributed by atoms with van der Waals surface area (Å²) in [6.45, 7) is 10.7. The van der Waals surface area contributed by atoms with Crippen molar-refractivity contribution in [1.29, 1.82) is 0 Å². The lowest BCUT2D eigenvalue weighted by atomic mass is 9.79. The van der Waals surface area contributed by atoms with Gasteiger partial charge in [-0.15, -0.1) is 0 Å². The first-order valence-corrected chi connectivity index (χ1v) is 14.7. The standard InChI is InChI=1S/C28H47N9O2/c1-28(2,3)39-27(38)37-12-10-36(11-13-37)18-19-8-9-29-24(14-19)34-26-32-21-7-6-20(15-22(21)33-26)23-16-31-25(17-30-23)35(4)5/h9,17,19-24H,6-8,10-16,18H2,1-5H3,(H2,32,33,34). The number of nitrogens with one attached hydrogen (secondary N) is 2. The van der Waals surface area contributed by atoms with Crippen LogP contribution < -0.4 is 10.6 Å². The predicted molar refractivity (Wildman–Crippen MR) is 156 cm³/mol. The number of guanidine groups is 1. The number of ether oxygens (including phenoxy) is 1. The highest BCUT2D eigenvalue weighted by atomic mass is 16.6. The number of hydrogen-bond acceptors (Lipinski definition) is 8. The number of rotatable bonds is 4. The van der Waals surface area contributed by atoms with Gasteiger partial charge in [-0.25, -0.2) is 9.79 Å². The SMILES string of the molecule is CN(C)C1=NCC(C2CCC3NC(=NC4CC(CN5CCN(C(=O)OC(C)(C)C)CC5)CC=N4)NC3C2)N=C1. The lowest BCUT2D eigenvalue weighted by Gasteiger charge is -2.37. The van der Waals surface area contributed by atoms with E-state index in [-0.39, 0.29) is 18.3 Å². The highest BCUT2D eigenvalue weighted by molar-refractivity contribution is 6.29. The molecule has 1 amide bonds. The number of hydrogen-bond donors (Lipinski definition) is 2. The van der Waals surface area contributed by atoms with E-state index in [9.17, 15) is 4.79 Å². The van der Waals surface area contributed by atoms with Gasteiger partial charge < -0.3 is 25.2 Å². The van der Waals surface area contributed by atoms with Gasteiger partial charge in [-0.2, -0.15) is 0 Å². The van der Waals surface area contributed by atoms with E-state index in [1.165, 1.54) is 6.42 Å². The second-order valence-corrected chi connectivity index (χ2v) is 12.9. The highest BCUT2D eigenvalue weighted by Crippen LogP contribution is 2.32. The molecule has 6 unspecified atom stereocenters. The molecule has 1 saturated carbocycles. The summed E-state index contributed by atoms with van der Waals surface area (Å²) in [5.41, 5.74) is -0.454. The largest absolute Gasteiger partial charge is 0.444 e. The van der Waals surface area contributed by atoms with Gasteiger partial charge in [-0.1, -0.05) is 0 Å². The molecule has 4 heterocycles. The second kappa shape index (κ2) is 11.8. The van der Waals surface area contributed by atoms with Gasteiger partial charge in [0.15, 0.2) is 5.96 Å². The molecule has 0 bridgehead atoms. The van der Waals surface area contributed by atoms with Crippen molar-refractivity contribution in [3.8, 4) is 0 Å². The minimum atomic E-state index is -0.454. The first-order chi connectivity index (χ1) is 18.6. The fourth-order valence-electron chi connectivity index (χ4n) is 6.29. The Balaban J connectivity index is 1.07. The zero-order valence-electron chi connectivity index (χ0n) is 24.3. The Morgan fingerprint density at radius 3 is 2.56 bits per heavy atom. The number of aliphatic imine (C=N–C) groups is 4. The van der Waals surface area contributed by atoms with Crippen LogP contribution in [0.25, 0.3) is 0 Å². The maximum atomic E-state index is 12.4. The average Bonchev–Trinajstić information content (AvgIpc) is 3.30. The van der Waals surface area contributed by atoms with Gasteiger partial charge in [0, 0.05) is 65.1 Å². The number of fused-ring (bicyclic) bond motifs is 1. The molecule has 6 atom stereocenters. The molecule has 0 spiro atoms. The third-order valence-electron chi connectivity index (χ3n) is 8.44. The van der Waals surface area contributed by atoms with Crippen LogP contribution in [-0.2, 0) is 4.74 Å². The summed E-state index contributed by atoms with van der Waals surface area (Å²) in [6, 6.07) is 1.10. The summed E-state index contributed by atoms with van der Waals surface area (Å²) in [5.74, 6) is 2.94. The zero-order chi connectivity index (χ0) is 27.6. The average molecular weight is 542 g/mol. The Morgan fingerprint density at radius 2 is 1.87 bits per heavy atom. The maximum absolute atomic E-state index is 12.4. The summed E-state index contributed by atoms with van der Waals surface area (Å²) >= 11 is 0. The van der Waals surface area contributed by atoms with Crippen LogP contribution in [0.3, 0.4) is 0 Å². The number of carbonyl (C=O) groups is 1. The van der Waals surface area contributed by atoms with Crippen LogP contribution >= 0.6 is 0 Å². The van der Waals surface area contributed by atoms with Crippen LogP contribution in [0.5, 0.6) is 0 Å². The number of amides is 1. The van der Waals surface area contributed by atoms with Crippen LogP contribution in [0.2, 0.25) is 0 Å². The van der Waals surface area contributed by atoms with E-state index in [0.717, 1.165) is 63.7 Å². The van der Waals surface area contributed by atoms with E-state index >= 15 is 0 Å². The Labute approximate surface area is 233 Å². The lowest BCUT2D eigenvalue weighted by Crippen LogP contribution is -2.51. The molecule has 11 heteroatoms. The van der Waals surface area contributed by atoms with Gasteiger partial charge in [0.1, 0.15) is 17.6 Å². The molecule has 5 aliphatic rings. The van der Waals surface area contributed by atoms with Crippen molar-refractivity contribution in [3.63, 3.8) is 0 Å². The van der Waals surface area contributed by atoms with Crippen molar-refractivity contribution >= 4 is 30.3 Å². The molecule has 5 rings (SSSR count). The number of amidine groups is 1. The molecule has 2 N–H and O–H groups in total. The Hall–Kier alpha value is -2.69. The Kier molecular flexibility index (Phi) is 8.44. The highest BCUT2D eigenvalue weighted by Gasteiger charge is 2.39. The Morgan fingerprint density at radius 1 is 1.10 bits per heavy atom. The smallest absolute Gasteiger partial charge is 0.410 e. The molecule has 2 saturated heterocycles. The molecule has 0 aromatic rings. The van der Waals surface area contributed by atoms with Crippen molar-refractivity contribution in [2.45, 2.75) is 82.8 Å². The van der Waals surface area contributed by atoms with Crippen molar-refractivity contribution in [2.24, 2.45) is 31.8 Å². The molecule has 0 aromatic carbocycles. The van der Waals surface area contributed by atoms with Crippen molar-refractivity contribution < 1.29 is 9.53 Å². The normalized spacial score (nSPS) is 34.2. The van der Waals surface area contributed by atoms with Gasteiger partial charge >= 0.3 is 6.09 Å². The first-order valence-electron chi connectivity index (χ1n) is 14.7. The number of nitrogens with zero attached hydrogens (tertiary/aromatic N) is 7. The number of piperazine rings is 1. The van der Waals surface area contributed by atoms with E-state index < -0.39 is 5.60 Å². The topological polar surface area (TPSA) is 110 Å². The molecular formula is C28H47N9O2. The summed E-state index contributed by atoms with van der Waals surface area (Å²) in [7, 11) is 4.03. The first kappa shape index (κ1) is 27.9. The van der Waals surface area contributed by atoms with E-state index in [4.69, 9.17) is 24.7 Å². The van der Waals surface area contributed by atoms with Crippen LogP contribution in [0, 0.1) is 11.8 Å². The van der Waals surface area contributed by atoms with E-state index in [0.29, 0.717) is 37.0 Å². The van der Waals surface area contributed by atoms with Crippen LogP contribution in [0.4, 0.5) is 4.79 Å². The maximum Gasteiger partial charge on any atom is 0.410 e. The van der Waals surface area contributed by atoms with E-state index in [1.54, 1.807) is 0 Å². The van der Waals surface area contributed by atoms with Crippen LogP contribution in [0.15, 0.2) is 20.0 Å². The molecule has 39 heavy (non-hydrogen) atoms. The molecular weight excluding hydrogens is 494 g/mol. The van der Waals surface area contributed by atoms with Gasteiger partial charge in [0.25, 0.3) is 0 Å². The fraction of sp³-hybridized carbons (Fsp3) is 0.821. The predicted octanol–water partition coefficient (Wildman–Crippen LogP) is 1.85. The van der Waals surface area contributed by atoms with Crippen molar-refractivity contribution in [2.75, 3.05) is 53.4 Å². The summed E-state index contributed by atoms with van der Waals surface area (Å²) in [6.07, 6.45) is 9.08. The fourth-order valence-corrected chi connectivity index (χ4v) is 6.29. The molecule has 1 aliphatic carbocycles. The van der Waals surface area contributed by atoms with Gasteiger partial charge in [-0.3, -0.25) is 19.9 Å². The number of carbonyl (C=O) groups excluding carboxylic acids is 1. The van der Waals surface area contributed by atoms with Gasteiger partial charge in [0.2, 0.25) is 0 Å².